The predicted octanol–water partition coefficient (Wildman–Crippen LogP) is -6.65. The second-order valence-electron chi connectivity index (χ2n) is 8.58. The van der Waals surface area contributed by atoms with E-state index in [0.717, 1.165) is 0 Å². The van der Waals surface area contributed by atoms with Crippen molar-refractivity contribution in [1.29, 1.82) is 0 Å². The molecule has 0 saturated carbocycles. The van der Waals surface area contributed by atoms with Crippen LogP contribution in [0.4, 0.5) is 0 Å². The fourth-order valence-corrected chi connectivity index (χ4v) is 4.16. The molecule has 0 amide bonds. The molecule has 3 aliphatic rings. The third kappa shape index (κ3) is 5.32. The van der Waals surface area contributed by atoms with Gasteiger partial charge in [-0.1, -0.05) is 0 Å². The Labute approximate surface area is 189 Å². The van der Waals surface area contributed by atoms with Gasteiger partial charge in [-0.25, -0.2) is 0 Å². The molecule has 15 heteroatoms. The van der Waals surface area contributed by atoms with Crippen molar-refractivity contribution in [2.45, 2.75) is 98.9 Å². The number of aliphatic hydroxyl groups is 7. The minimum Gasteiger partial charge on any atom is -0.394 e. The van der Waals surface area contributed by atoms with Crippen molar-refractivity contribution in [3.63, 3.8) is 0 Å². The van der Waals surface area contributed by atoms with E-state index in [-0.39, 0.29) is 0 Å². The van der Waals surface area contributed by atoms with Crippen molar-refractivity contribution in [3.05, 3.63) is 0 Å². The van der Waals surface area contributed by atoms with Crippen LogP contribution in [-0.4, -0.2) is 141 Å². The van der Waals surface area contributed by atoms with Gasteiger partial charge in [0.1, 0.15) is 48.8 Å². The van der Waals surface area contributed by atoms with E-state index in [1.54, 1.807) is 0 Å². The summed E-state index contributed by atoms with van der Waals surface area (Å²) >= 11 is 0. The molecule has 0 bridgehead atoms. The third-order valence-electron chi connectivity index (χ3n) is 6.29. The maximum atomic E-state index is 10.8. The second-order valence-corrected chi connectivity index (χ2v) is 8.58. The number of ether oxygens (including phenoxy) is 5. The monoisotopic (exact) mass is 485 g/mol. The van der Waals surface area contributed by atoms with E-state index in [4.69, 9.17) is 40.9 Å². The topological polar surface area (TPSA) is 266 Å². The summed E-state index contributed by atoms with van der Waals surface area (Å²) in [5.74, 6) is 0. The van der Waals surface area contributed by atoms with Crippen molar-refractivity contribution in [1.82, 2.24) is 0 Å². The van der Waals surface area contributed by atoms with Crippen LogP contribution in [0.2, 0.25) is 0 Å². The minimum atomic E-state index is -1.50. The fourth-order valence-electron chi connectivity index (χ4n) is 4.16. The standard InChI is InChI=1S/C18H35N3O12/c1-4-14(12(26)7(19)16(28)29-4)32-18-9(21)13(27)15(6(3-23)31-18)33-17-8(20)11(25)10(24)5(2-22)30-17/h4-18,22-28H,2-3,19-21H2,1H3/t4?,5?,6?,7-,8-,9?,10+,11?,12?,13-,14+,15?,16+,17-,18+/m1/s1. The lowest BCUT2D eigenvalue weighted by Crippen LogP contribution is -2.69. The van der Waals surface area contributed by atoms with E-state index in [1.165, 1.54) is 6.92 Å². The molecular formula is C18H35N3O12. The Kier molecular flexibility index (Phi) is 8.99. The molecule has 3 fully saturated rings. The Balaban J connectivity index is 1.70. The SMILES string of the molecule is CC1O[C@H](O)[C@H](N)C(O)[C@H]1O[C@@H]1OC(CO)C(O[C@H]2OC(CO)[C@H](O)C(O)[C@H]2N)[C@H](O)C1N. The molecule has 3 saturated heterocycles. The maximum Gasteiger partial charge on any atom is 0.176 e. The average Bonchev–Trinajstić information content (AvgIpc) is 2.79. The molecule has 13 N–H and O–H groups in total. The molecule has 0 spiro atoms. The van der Waals surface area contributed by atoms with E-state index in [2.05, 4.69) is 0 Å². The molecule has 194 valence electrons. The smallest absolute Gasteiger partial charge is 0.176 e. The van der Waals surface area contributed by atoms with Gasteiger partial charge in [-0.3, -0.25) is 0 Å². The first-order valence-corrected chi connectivity index (χ1v) is 10.7. The zero-order valence-corrected chi connectivity index (χ0v) is 18.0. The van der Waals surface area contributed by atoms with Crippen molar-refractivity contribution >= 4 is 0 Å². The van der Waals surface area contributed by atoms with Gasteiger partial charge in [-0.15, -0.1) is 0 Å². The van der Waals surface area contributed by atoms with Gasteiger partial charge in [-0.2, -0.15) is 0 Å². The molecular weight excluding hydrogens is 450 g/mol. The molecule has 0 aromatic rings. The van der Waals surface area contributed by atoms with Crippen LogP contribution in [0.1, 0.15) is 6.92 Å². The summed E-state index contributed by atoms with van der Waals surface area (Å²) in [7, 11) is 0. The normalized spacial score (nSPS) is 53.7. The van der Waals surface area contributed by atoms with E-state index >= 15 is 0 Å². The average molecular weight is 485 g/mol. The summed E-state index contributed by atoms with van der Waals surface area (Å²) in [6, 6.07) is -3.65. The summed E-state index contributed by atoms with van der Waals surface area (Å²) < 4.78 is 27.7. The Bertz CT molecular complexity index is 632. The van der Waals surface area contributed by atoms with E-state index < -0.39 is 105 Å². The van der Waals surface area contributed by atoms with Gasteiger partial charge in [0.15, 0.2) is 18.9 Å². The van der Waals surface area contributed by atoms with Crippen LogP contribution in [0, 0.1) is 0 Å². The summed E-state index contributed by atoms with van der Waals surface area (Å²) in [6.07, 6.45) is -15.5. The van der Waals surface area contributed by atoms with Crippen LogP contribution in [0.15, 0.2) is 0 Å². The van der Waals surface area contributed by atoms with Crippen LogP contribution in [0.3, 0.4) is 0 Å². The molecule has 3 aliphatic heterocycles. The van der Waals surface area contributed by atoms with E-state index in [9.17, 15) is 35.7 Å². The summed E-state index contributed by atoms with van der Waals surface area (Å²) in [4.78, 5) is 0. The van der Waals surface area contributed by atoms with Crippen LogP contribution >= 0.6 is 0 Å². The lowest BCUT2D eigenvalue weighted by atomic mass is 9.94. The molecule has 3 rings (SSSR count). The van der Waals surface area contributed by atoms with Crippen molar-refractivity contribution < 1.29 is 59.4 Å². The van der Waals surface area contributed by atoms with Crippen molar-refractivity contribution in [3.8, 4) is 0 Å². The van der Waals surface area contributed by atoms with Crippen molar-refractivity contribution in [2.24, 2.45) is 17.2 Å². The maximum absolute atomic E-state index is 10.8. The Morgan fingerprint density at radius 3 is 1.70 bits per heavy atom. The number of aliphatic hydroxyl groups excluding tert-OH is 7. The van der Waals surface area contributed by atoms with Gasteiger partial charge in [0.25, 0.3) is 0 Å². The predicted molar refractivity (Wildman–Crippen MR) is 106 cm³/mol. The molecule has 0 aromatic heterocycles. The Morgan fingerprint density at radius 1 is 0.636 bits per heavy atom. The summed E-state index contributed by atoms with van der Waals surface area (Å²) in [6.45, 7) is 0.249. The van der Waals surface area contributed by atoms with E-state index in [1.807, 2.05) is 0 Å². The van der Waals surface area contributed by atoms with Crippen molar-refractivity contribution in [2.75, 3.05) is 13.2 Å². The largest absolute Gasteiger partial charge is 0.394 e. The molecule has 7 unspecified atom stereocenters. The molecule has 3 heterocycles. The lowest BCUT2D eigenvalue weighted by Gasteiger charge is -2.48. The first kappa shape index (κ1) is 27.0. The molecule has 0 aromatic carbocycles. The highest BCUT2D eigenvalue weighted by Crippen LogP contribution is 2.30. The van der Waals surface area contributed by atoms with Crippen LogP contribution in [0.25, 0.3) is 0 Å². The number of hydrogen-bond acceptors (Lipinski definition) is 15. The molecule has 33 heavy (non-hydrogen) atoms. The fraction of sp³-hybridized carbons (Fsp3) is 1.00. The van der Waals surface area contributed by atoms with Gasteiger partial charge in [0.2, 0.25) is 0 Å². The highest BCUT2D eigenvalue weighted by atomic mass is 16.7. The van der Waals surface area contributed by atoms with Gasteiger partial charge < -0.3 is 76.6 Å². The van der Waals surface area contributed by atoms with E-state index in [0.29, 0.717) is 0 Å². The first-order chi connectivity index (χ1) is 15.5. The van der Waals surface area contributed by atoms with Gasteiger partial charge in [-0.05, 0) is 6.92 Å². The third-order valence-corrected chi connectivity index (χ3v) is 6.29. The summed E-state index contributed by atoms with van der Waals surface area (Å²) in [5, 5.41) is 70.1. The van der Waals surface area contributed by atoms with Crippen LogP contribution in [0.5, 0.6) is 0 Å². The second kappa shape index (κ2) is 11.0. The Morgan fingerprint density at radius 2 is 1.12 bits per heavy atom. The lowest BCUT2D eigenvalue weighted by molar-refractivity contribution is -0.346. The summed E-state index contributed by atoms with van der Waals surface area (Å²) in [5.41, 5.74) is 17.6. The van der Waals surface area contributed by atoms with Crippen LogP contribution < -0.4 is 17.2 Å². The van der Waals surface area contributed by atoms with Gasteiger partial charge in [0.05, 0.1) is 37.4 Å². The molecule has 15 nitrogen and oxygen atoms in total. The first-order valence-electron chi connectivity index (χ1n) is 10.7. The Hall–Kier alpha value is -0.600. The number of rotatable bonds is 6. The minimum absolute atomic E-state index is 0.631. The highest BCUT2D eigenvalue weighted by molar-refractivity contribution is 4.98. The molecule has 0 radical (unpaired) electrons. The zero-order valence-electron chi connectivity index (χ0n) is 18.0. The molecule has 15 atom stereocenters. The zero-order chi connectivity index (χ0) is 24.6. The quantitative estimate of drug-likeness (QED) is 0.167. The van der Waals surface area contributed by atoms with Gasteiger partial charge >= 0.3 is 0 Å². The molecule has 0 aliphatic carbocycles. The van der Waals surface area contributed by atoms with Gasteiger partial charge in [0, 0.05) is 0 Å². The number of hydrogen-bond donors (Lipinski definition) is 10. The highest BCUT2D eigenvalue weighted by Gasteiger charge is 2.51. The van der Waals surface area contributed by atoms with Crippen LogP contribution in [-0.2, 0) is 23.7 Å². The number of nitrogens with two attached hydrogens (primary N) is 3.